The number of ketones is 1. The molecule has 0 unspecified atom stereocenters. The molecule has 4 rings (SSSR count). The highest BCUT2D eigenvalue weighted by Gasteiger charge is 2.36. The number of nitrogens with zero attached hydrogens (tertiary/aromatic N) is 2. The zero-order valence-corrected chi connectivity index (χ0v) is 13.5. The molecule has 0 saturated carbocycles. The number of H-pyrrole nitrogens is 1. The Morgan fingerprint density at radius 1 is 0.920 bits per heavy atom. The van der Waals surface area contributed by atoms with Crippen molar-refractivity contribution in [2.45, 2.75) is 12.5 Å². The number of benzene rings is 2. The summed E-state index contributed by atoms with van der Waals surface area (Å²) in [7, 11) is 0. The van der Waals surface area contributed by atoms with E-state index in [9.17, 15) is 14.4 Å². The summed E-state index contributed by atoms with van der Waals surface area (Å²) in [4.78, 5) is 37.5. The highest BCUT2D eigenvalue weighted by molar-refractivity contribution is 6.07. The predicted octanol–water partition coefficient (Wildman–Crippen LogP) is 1.84. The van der Waals surface area contributed by atoms with Gasteiger partial charge in [-0.2, -0.15) is 0 Å². The molecule has 6 nitrogen and oxygen atoms in total. The van der Waals surface area contributed by atoms with Crippen molar-refractivity contribution < 1.29 is 4.79 Å². The van der Waals surface area contributed by atoms with Crippen LogP contribution in [0.3, 0.4) is 0 Å². The maximum absolute atomic E-state index is 13.0. The van der Waals surface area contributed by atoms with Gasteiger partial charge in [-0.15, -0.1) is 0 Å². The number of nitrogens with one attached hydrogen (secondary N) is 1. The molecular formula is C19H15N3O3. The van der Waals surface area contributed by atoms with Crippen LogP contribution in [0.4, 0.5) is 0 Å². The normalized spacial score (nSPS) is 19.0. The molecule has 0 bridgehead atoms. The molecular weight excluding hydrogens is 318 g/mol. The highest BCUT2D eigenvalue weighted by Crippen LogP contribution is 2.32. The molecule has 2 aromatic carbocycles. The number of allylic oxidation sites excluding steroid dienone is 2. The molecule has 1 aliphatic rings. The van der Waals surface area contributed by atoms with Crippen LogP contribution in [0, 0.1) is 0 Å². The Kier molecular flexibility index (Phi) is 3.21. The van der Waals surface area contributed by atoms with Gasteiger partial charge >= 0.3 is 11.4 Å². The molecule has 1 heterocycles. The lowest BCUT2D eigenvalue weighted by Gasteiger charge is -2.31. The Morgan fingerprint density at radius 3 is 2.36 bits per heavy atom. The fourth-order valence-electron chi connectivity index (χ4n) is 3.25. The van der Waals surface area contributed by atoms with Crippen LogP contribution in [0.1, 0.15) is 22.8 Å². The Bertz CT molecular complexity index is 1120. The van der Waals surface area contributed by atoms with E-state index in [0.29, 0.717) is 16.8 Å². The van der Waals surface area contributed by atoms with Crippen molar-refractivity contribution in [3.8, 4) is 5.69 Å². The smallest absolute Gasteiger partial charge is 0.289 e. The van der Waals surface area contributed by atoms with Gasteiger partial charge in [0.2, 0.25) is 0 Å². The van der Waals surface area contributed by atoms with Crippen molar-refractivity contribution >= 4 is 5.78 Å². The number of para-hydroxylation sites is 1. The predicted molar refractivity (Wildman–Crippen MR) is 93.3 cm³/mol. The zero-order chi connectivity index (χ0) is 17.6. The summed E-state index contributed by atoms with van der Waals surface area (Å²) in [6.45, 7) is 1.79. The molecule has 1 aromatic heterocycles. The Labute approximate surface area is 142 Å². The fourth-order valence-corrected chi connectivity index (χ4v) is 3.25. The van der Waals surface area contributed by atoms with Crippen LogP contribution in [0.15, 0.2) is 76.3 Å². The van der Waals surface area contributed by atoms with Crippen LogP contribution in [0.5, 0.6) is 0 Å². The van der Waals surface area contributed by atoms with Gasteiger partial charge in [-0.3, -0.25) is 4.79 Å². The van der Waals surface area contributed by atoms with E-state index < -0.39 is 16.9 Å². The number of aromatic nitrogens is 3. The maximum Gasteiger partial charge on any atom is 0.352 e. The number of hydrogen-bond donors (Lipinski definition) is 1. The van der Waals surface area contributed by atoms with Crippen molar-refractivity contribution in [3.05, 3.63) is 98.8 Å². The molecule has 1 aliphatic carbocycles. The number of rotatable bonds is 2. The number of hydrogen-bond acceptors (Lipinski definition) is 3. The number of fused-ring (bicyclic) bond motifs is 1. The summed E-state index contributed by atoms with van der Waals surface area (Å²) in [5.74, 6) is -0.119. The van der Waals surface area contributed by atoms with Gasteiger partial charge in [0.15, 0.2) is 5.78 Å². The minimum absolute atomic E-state index is 0.119. The summed E-state index contributed by atoms with van der Waals surface area (Å²) in [5, 5.41) is 2.63. The second-order valence-electron chi connectivity index (χ2n) is 6.10. The molecule has 0 radical (unpaired) electrons. The number of aromatic amines is 1. The molecule has 0 amide bonds. The van der Waals surface area contributed by atoms with Gasteiger partial charge in [0.05, 0.1) is 5.69 Å². The summed E-state index contributed by atoms with van der Waals surface area (Å²) in [6.07, 6.45) is 3.08. The maximum atomic E-state index is 13.0. The average Bonchev–Trinajstić information content (AvgIpc) is 2.94. The van der Waals surface area contributed by atoms with Crippen LogP contribution in [-0.4, -0.2) is 20.1 Å². The Balaban J connectivity index is 1.98. The highest BCUT2D eigenvalue weighted by atomic mass is 16.2. The van der Waals surface area contributed by atoms with E-state index in [-0.39, 0.29) is 5.78 Å². The molecule has 3 aromatic rings. The molecule has 124 valence electrons. The van der Waals surface area contributed by atoms with Crippen LogP contribution in [0.2, 0.25) is 0 Å². The van der Waals surface area contributed by atoms with Gasteiger partial charge in [-0.1, -0.05) is 42.5 Å². The first-order valence-electron chi connectivity index (χ1n) is 7.85. The van der Waals surface area contributed by atoms with Crippen LogP contribution < -0.4 is 11.4 Å². The minimum Gasteiger partial charge on any atom is -0.289 e. The second kappa shape index (κ2) is 5.31. The van der Waals surface area contributed by atoms with Crippen LogP contribution in [0.25, 0.3) is 5.69 Å². The van der Waals surface area contributed by atoms with Gasteiger partial charge in [0.25, 0.3) is 0 Å². The van der Waals surface area contributed by atoms with E-state index in [2.05, 4.69) is 5.10 Å². The SMILES string of the molecule is C[C@@]1(n2[nH]c(=O)n(-c3ccccc3)c2=O)C=CC(=O)c2ccccc21. The first-order chi connectivity index (χ1) is 12.0. The monoisotopic (exact) mass is 333 g/mol. The quantitative estimate of drug-likeness (QED) is 0.777. The summed E-state index contributed by atoms with van der Waals surface area (Å²) < 4.78 is 2.35. The lowest BCUT2D eigenvalue weighted by molar-refractivity contribution is 0.103. The minimum atomic E-state index is -0.958. The van der Waals surface area contributed by atoms with E-state index in [1.54, 1.807) is 61.5 Å². The summed E-state index contributed by atoms with van der Waals surface area (Å²) in [6, 6.07) is 15.8. The standard InChI is InChI=1S/C19H15N3O3/c1-19(12-11-16(23)14-9-5-6-10-15(14)19)22-18(25)21(17(24)20-22)13-7-3-2-4-8-13/h2-12H,1H3,(H,20,24)/t19-/m1/s1. The van der Waals surface area contributed by atoms with Crippen LogP contribution in [-0.2, 0) is 5.54 Å². The molecule has 0 aliphatic heterocycles. The van der Waals surface area contributed by atoms with Crippen molar-refractivity contribution in [1.29, 1.82) is 0 Å². The van der Waals surface area contributed by atoms with E-state index in [4.69, 9.17) is 0 Å². The summed E-state index contributed by atoms with van der Waals surface area (Å²) in [5.41, 5.74) is -0.299. The van der Waals surface area contributed by atoms with Gasteiger partial charge < -0.3 is 0 Å². The third-order valence-electron chi connectivity index (χ3n) is 4.57. The Morgan fingerprint density at radius 2 is 1.60 bits per heavy atom. The van der Waals surface area contributed by atoms with Gasteiger partial charge in [-0.25, -0.2) is 23.9 Å². The topological polar surface area (TPSA) is 76.9 Å². The largest absolute Gasteiger partial charge is 0.352 e. The molecule has 0 saturated heterocycles. The molecule has 1 N–H and O–H groups in total. The molecule has 1 atom stereocenters. The van der Waals surface area contributed by atoms with Crippen LogP contribution >= 0.6 is 0 Å². The molecule has 0 spiro atoms. The molecule has 25 heavy (non-hydrogen) atoms. The number of carbonyl (C=O) groups excluding carboxylic acids is 1. The molecule has 0 fully saturated rings. The third-order valence-corrected chi connectivity index (χ3v) is 4.57. The van der Waals surface area contributed by atoms with Crippen molar-refractivity contribution in [2.24, 2.45) is 0 Å². The number of carbonyl (C=O) groups is 1. The zero-order valence-electron chi connectivity index (χ0n) is 13.5. The lowest BCUT2D eigenvalue weighted by atomic mass is 9.82. The fraction of sp³-hybridized carbons (Fsp3) is 0.105. The van der Waals surface area contributed by atoms with Crippen molar-refractivity contribution in [1.82, 2.24) is 14.3 Å². The van der Waals surface area contributed by atoms with Crippen molar-refractivity contribution in [2.75, 3.05) is 0 Å². The van der Waals surface area contributed by atoms with E-state index >= 15 is 0 Å². The van der Waals surface area contributed by atoms with Crippen molar-refractivity contribution in [3.63, 3.8) is 0 Å². The van der Waals surface area contributed by atoms with E-state index in [0.717, 1.165) is 4.57 Å². The van der Waals surface area contributed by atoms with Gasteiger partial charge in [-0.05, 0) is 36.8 Å². The van der Waals surface area contributed by atoms with Gasteiger partial charge in [0.1, 0.15) is 5.54 Å². The second-order valence-corrected chi connectivity index (χ2v) is 6.10. The van der Waals surface area contributed by atoms with E-state index in [1.165, 1.54) is 10.8 Å². The summed E-state index contributed by atoms with van der Waals surface area (Å²) >= 11 is 0. The molecule has 6 heteroatoms. The first kappa shape index (κ1) is 15.1. The Hall–Kier alpha value is -3.41. The average molecular weight is 333 g/mol. The first-order valence-corrected chi connectivity index (χ1v) is 7.85. The van der Waals surface area contributed by atoms with Gasteiger partial charge in [0, 0.05) is 5.56 Å². The lowest BCUT2D eigenvalue weighted by Crippen LogP contribution is -2.42. The van der Waals surface area contributed by atoms with E-state index in [1.807, 2.05) is 6.07 Å². The third kappa shape index (κ3) is 2.15.